The fourth-order valence-corrected chi connectivity index (χ4v) is 2.00. The third kappa shape index (κ3) is 5.07. The Morgan fingerprint density at radius 2 is 2.04 bits per heavy atom. The highest BCUT2D eigenvalue weighted by molar-refractivity contribution is 5.67. The van der Waals surface area contributed by atoms with E-state index in [2.05, 4.69) is 15.6 Å². The van der Waals surface area contributed by atoms with Crippen molar-refractivity contribution in [1.29, 1.82) is 0 Å². The zero-order valence-electron chi connectivity index (χ0n) is 13.7. The molecule has 0 radical (unpaired) electrons. The summed E-state index contributed by atoms with van der Waals surface area (Å²) in [5, 5.41) is 11.0. The quantitative estimate of drug-likeness (QED) is 0.877. The van der Waals surface area contributed by atoms with Crippen LogP contribution in [-0.2, 0) is 4.74 Å². The highest BCUT2D eigenvalue weighted by Gasteiger charge is 2.19. The standard InChI is InChI=1S/C16H23N5O2/c1-16(2,3)23-15(22)18-10-12(9-17)14-11-21(20-19-14)13-7-5-4-6-8-13/h4-8,11-12H,9-10,17H2,1-3H3,(H,18,22). The van der Waals surface area contributed by atoms with E-state index in [4.69, 9.17) is 10.5 Å². The maximum absolute atomic E-state index is 11.7. The van der Waals surface area contributed by atoms with E-state index < -0.39 is 11.7 Å². The Bertz CT molecular complexity index is 633. The van der Waals surface area contributed by atoms with Gasteiger partial charge >= 0.3 is 6.09 Å². The van der Waals surface area contributed by atoms with Crippen LogP contribution in [-0.4, -0.2) is 39.8 Å². The Kier molecular flexibility index (Phi) is 5.33. The van der Waals surface area contributed by atoms with E-state index in [-0.39, 0.29) is 5.92 Å². The van der Waals surface area contributed by atoms with E-state index in [0.717, 1.165) is 11.4 Å². The summed E-state index contributed by atoms with van der Waals surface area (Å²) in [4.78, 5) is 11.7. The smallest absolute Gasteiger partial charge is 0.407 e. The van der Waals surface area contributed by atoms with Crippen LogP contribution in [0.5, 0.6) is 0 Å². The molecule has 1 aromatic heterocycles. The molecule has 0 spiro atoms. The normalized spacial score (nSPS) is 12.7. The van der Waals surface area contributed by atoms with Crippen LogP contribution in [0.3, 0.4) is 0 Å². The number of amides is 1. The molecule has 0 saturated carbocycles. The molecule has 1 heterocycles. The van der Waals surface area contributed by atoms with Crippen molar-refractivity contribution in [3.8, 4) is 5.69 Å². The molecule has 7 heteroatoms. The van der Waals surface area contributed by atoms with E-state index in [1.807, 2.05) is 57.3 Å². The van der Waals surface area contributed by atoms with Gasteiger partial charge in [0.05, 0.1) is 17.6 Å². The first-order chi connectivity index (χ1) is 10.9. The van der Waals surface area contributed by atoms with Gasteiger partial charge in [0.25, 0.3) is 0 Å². The molecular formula is C16H23N5O2. The van der Waals surface area contributed by atoms with Crippen molar-refractivity contribution in [1.82, 2.24) is 20.3 Å². The van der Waals surface area contributed by atoms with Gasteiger partial charge in [-0.2, -0.15) is 0 Å². The molecule has 3 N–H and O–H groups in total. The predicted molar refractivity (Wildman–Crippen MR) is 87.4 cm³/mol. The number of aromatic nitrogens is 3. The average molecular weight is 317 g/mol. The van der Waals surface area contributed by atoms with Crippen LogP contribution in [0.15, 0.2) is 36.5 Å². The van der Waals surface area contributed by atoms with Crippen molar-refractivity contribution in [2.24, 2.45) is 5.73 Å². The first-order valence-electron chi connectivity index (χ1n) is 7.53. The number of benzene rings is 1. The van der Waals surface area contributed by atoms with Crippen LogP contribution in [0.25, 0.3) is 5.69 Å². The Morgan fingerprint density at radius 3 is 2.65 bits per heavy atom. The molecule has 0 bridgehead atoms. The van der Waals surface area contributed by atoms with Crippen molar-refractivity contribution >= 4 is 6.09 Å². The molecule has 1 atom stereocenters. The van der Waals surface area contributed by atoms with Gasteiger partial charge in [-0.25, -0.2) is 9.48 Å². The second-order valence-electron chi connectivity index (χ2n) is 6.24. The van der Waals surface area contributed by atoms with Crippen molar-refractivity contribution in [2.75, 3.05) is 13.1 Å². The topological polar surface area (TPSA) is 95.1 Å². The fourth-order valence-electron chi connectivity index (χ4n) is 2.00. The van der Waals surface area contributed by atoms with Crippen molar-refractivity contribution < 1.29 is 9.53 Å². The zero-order chi connectivity index (χ0) is 16.9. The van der Waals surface area contributed by atoms with Crippen LogP contribution in [0.4, 0.5) is 4.79 Å². The lowest BCUT2D eigenvalue weighted by molar-refractivity contribution is 0.0524. The maximum atomic E-state index is 11.7. The first-order valence-corrected chi connectivity index (χ1v) is 7.53. The minimum atomic E-state index is -0.529. The van der Waals surface area contributed by atoms with Gasteiger partial charge in [-0.3, -0.25) is 0 Å². The van der Waals surface area contributed by atoms with Gasteiger partial charge in [0.1, 0.15) is 5.60 Å². The molecule has 23 heavy (non-hydrogen) atoms. The van der Waals surface area contributed by atoms with Crippen molar-refractivity contribution in [3.05, 3.63) is 42.2 Å². The molecule has 2 aromatic rings. The molecule has 2 rings (SSSR count). The van der Waals surface area contributed by atoms with E-state index in [1.54, 1.807) is 4.68 Å². The number of ether oxygens (including phenoxy) is 1. The van der Waals surface area contributed by atoms with E-state index in [1.165, 1.54) is 0 Å². The van der Waals surface area contributed by atoms with Crippen molar-refractivity contribution in [2.45, 2.75) is 32.3 Å². The van der Waals surface area contributed by atoms with Gasteiger partial charge in [-0.15, -0.1) is 5.10 Å². The van der Waals surface area contributed by atoms with Crippen LogP contribution in [0, 0.1) is 0 Å². The van der Waals surface area contributed by atoms with Gasteiger partial charge in [0, 0.05) is 19.0 Å². The Morgan fingerprint density at radius 1 is 1.35 bits per heavy atom. The predicted octanol–water partition coefficient (Wildman–Crippen LogP) is 1.83. The molecular weight excluding hydrogens is 294 g/mol. The SMILES string of the molecule is CC(C)(C)OC(=O)NCC(CN)c1cn(-c2ccccc2)nn1. The summed E-state index contributed by atoms with van der Waals surface area (Å²) < 4.78 is 6.90. The second-order valence-corrected chi connectivity index (χ2v) is 6.24. The number of nitrogens with zero attached hydrogens (tertiary/aromatic N) is 3. The number of nitrogens with two attached hydrogens (primary N) is 1. The molecule has 1 aromatic carbocycles. The number of hydrogen-bond acceptors (Lipinski definition) is 5. The fraction of sp³-hybridized carbons (Fsp3) is 0.438. The van der Waals surface area contributed by atoms with Gasteiger partial charge in [0.2, 0.25) is 0 Å². The van der Waals surface area contributed by atoms with Gasteiger partial charge in [-0.1, -0.05) is 23.4 Å². The Hall–Kier alpha value is -2.41. The lowest BCUT2D eigenvalue weighted by Gasteiger charge is -2.20. The van der Waals surface area contributed by atoms with Crippen LogP contribution < -0.4 is 11.1 Å². The largest absolute Gasteiger partial charge is 0.444 e. The molecule has 0 aliphatic heterocycles. The molecule has 0 saturated heterocycles. The lowest BCUT2D eigenvalue weighted by Crippen LogP contribution is -2.36. The molecule has 0 aliphatic rings. The van der Waals surface area contributed by atoms with Crippen LogP contribution in [0.1, 0.15) is 32.4 Å². The second kappa shape index (κ2) is 7.23. The minimum absolute atomic E-state index is 0.125. The number of carbonyl (C=O) groups is 1. The van der Waals surface area contributed by atoms with E-state index >= 15 is 0 Å². The monoisotopic (exact) mass is 317 g/mol. The summed E-state index contributed by atoms with van der Waals surface area (Å²) >= 11 is 0. The third-order valence-corrected chi connectivity index (χ3v) is 3.13. The molecule has 0 fully saturated rings. The summed E-state index contributed by atoms with van der Waals surface area (Å²) in [6.45, 7) is 6.15. The van der Waals surface area contributed by atoms with E-state index in [9.17, 15) is 4.79 Å². The highest BCUT2D eigenvalue weighted by Crippen LogP contribution is 2.13. The van der Waals surface area contributed by atoms with Gasteiger partial charge < -0.3 is 15.8 Å². The molecule has 124 valence electrons. The van der Waals surface area contributed by atoms with Gasteiger partial charge in [0.15, 0.2) is 0 Å². The number of rotatable bonds is 5. The maximum Gasteiger partial charge on any atom is 0.407 e. The molecule has 0 aliphatic carbocycles. The Balaban J connectivity index is 1.99. The van der Waals surface area contributed by atoms with Crippen molar-refractivity contribution in [3.63, 3.8) is 0 Å². The zero-order valence-corrected chi connectivity index (χ0v) is 13.7. The number of para-hydroxylation sites is 1. The average Bonchev–Trinajstić information content (AvgIpc) is 2.97. The molecule has 1 unspecified atom stereocenters. The van der Waals surface area contributed by atoms with Gasteiger partial charge in [-0.05, 0) is 32.9 Å². The highest BCUT2D eigenvalue weighted by atomic mass is 16.6. The number of carbonyl (C=O) groups excluding carboxylic acids is 1. The lowest BCUT2D eigenvalue weighted by atomic mass is 10.1. The first kappa shape index (κ1) is 17.0. The summed E-state index contributed by atoms with van der Waals surface area (Å²) in [5.41, 5.74) is 6.92. The van der Waals surface area contributed by atoms with Crippen LogP contribution >= 0.6 is 0 Å². The Labute approximate surface area is 135 Å². The van der Waals surface area contributed by atoms with E-state index in [0.29, 0.717) is 13.1 Å². The molecule has 7 nitrogen and oxygen atoms in total. The number of alkyl carbamates (subject to hydrolysis) is 1. The van der Waals surface area contributed by atoms with Crippen LogP contribution in [0.2, 0.25) is 0 Å². The number of hydrogen-bond donors (Lipinski definition) is 2. The molecule has 1 amide bonds. The summed E-state index contributed by atoms with van der Waals surface area (Å²) in [5.74, 6) is -0.125. The minimum Gasteiger partial charge on any atom is -0.444 e. The summed E-state index contributed by atoms with van der Waals surface area (Å²) in [6.07, 6.45) is 1.36. The summed E-state index contributed by atoms with van der Waals surface area (Å²) in [6, 6.07) is 9.68. The number of nitrogens with one attached hydrogen (secondary N) is 1. The summed E-state index contributed by atoms with van der Waals surface area (Å²) in [7, 11) is 0. The third-order valence-electron chi connectivity index (χ3n) is 3.13.